The molecule has 1 N–H and O–H groups in total. The number of methoxy groups -OCH3 is 1. The van der Waals surface area contributed by atoms with Crippen LogP contribution in [-0.4, -0.2) is 64.1 Å². The minimum atomic E-state index is -0.0557. The molecule has 0 saturated carbocycles. The molecule has 1 atom stereocenters. The topological polar surface area (TPSA) is 84.8 Å². The highest BCUT2D eigenvalue weighted by molar-refractivity contribution is 5.89. The number of para-hydroxylation sites is 1. The van der Waals surface area contributed by atoms with Crippen LogP contribution in [0.25, 0.3) is 0 Å². The molecular formula is C24H28N6O3. The van der Waals surface area contributed by atoms with Gasteiger partial charge in [0.25, 0.3) is 0 Å². The van der Waals surface area contributed by atoms with Gasteiger partial charge in [-0.25, -0.2) is 9.48 Å². The fourth-order valence-electron chi connectivity index (χ4n) is 4.25. The lowest BCUT2D eigenvalue weighted by Gasteiger charge is -2.34. The number of nitrogens with one attached hydrogen (secondary N) is 1. The van der Waals surface area contributed by atoms with Gasteiger partial charge in [-0.3, -0.25) is 4.90 Å². The number of ether oxygens (including phenoxy) is 2. The van der Waals surface area contributed by atoms with E-state index in [1.54, 1.807) is 7.11 Å². The summed E-state index contributed by atoms with van der Waals surface area (Å²) in [5.41, 5.74) is 3.89. The van der Waals surface area contributed by atoms with E-state index in [4.69, 9.17) is 9.47 Å². The molecule has 33 heavy (non-hydrogen) atoms. The zero-order chi connectivity index (χ0) is 22.6. The summed E-state index contributed by atoms with van der Waals surface area (Å²) in [5.74, 6) is 0.830. The number of rotatable bonds is 5. The van der Waals surface area contributed by atoms with Crippen LogP contribution in [0.3, 0.4) is 0 Å². The van der Waals surface area contributed by atoms with Crippen LogP contribution in [0, 0.1) is 0 Å². The average Bonchev–Trinajstić information content (AvgIpc) is 3.27. The third-order valence-electron chi connectivity index (χ3n) is 6.22. The van der Waals surface area contributed by atoms with Gasteiger partial charge in [-0.15, -0.1) is 5.10 Å². The van der Waals surface area contributed by atoms with Crippen LogP contribution in [0.1, 0.15) is 23.1 Å². The van der Waals surface area contributed by atoms with Gasteiger partial charge in [0.1, 0.15) is 17.5 Å². The predicted octanol–water partition coefficient (Wildman–Crippen LogP) is 2.91. The van der Waals surface area contributed by atoms with Gasteiger partial charge in [0.15, 0.2) is 0 Å². The van der Waals surface area contributed by atoms with Crippen molar-refractivity contribution in [2.24, 2.45) is 0 Å². The second kappa shape index (κ2) is 9.60. The van der Waals surface area contributed by atoms with Crippen molar-refractivity contribution in [1.82, 2.24) is 24.8 Å². The van der Waals surface area contributed by atoms with Gasteiger partial charge in [0.05, 0.1) is 26.0 Å². The average molecular weight is 449 g/mol. The second-order valence-corrected chi connectivity index (χ2v) is 8.30. The summed E-state index contributed by atoms with van der Waals surface area (Å²) in [7, 11) is 1.66. The minimum Gasteiger partial charge on any atom is -0.497 e. The SMILES string of the molecule is COc1ccc([C@H]2Cn3nnc(CN4CCN(C(=O)Nc5ccccc5)CC4)c3CO2)cc1. The Kier molecular flexibility index (Phi) is 6.23. The van der Waals surface area contributed by atoms with E-state index >= 15 is 0 Å². The fourth-order valence-corrected chi connectivity index (χ4v) is 4.25. The van der Waals surface area contributed by atoms with Crippen molar-refractivity contribution < 1.29 is 14.3 Å². The first kappa shape index (κ1) is 21.4. The van der Waals surface area contributed by atoms with Crippen LogP contribution in [0.5, 0.6) is 5.75 Å². The molecule has 9 heteroatoms. The number of benzene rings is 2. The number of hydrogen-bond acceptors (Lipinski definition) is 6. The Morgan fingerprint density at radius 1 is 1.09 bits per heavy atom. The van der Waals surface area contributed by atoms with E-state index < -0.39 is 0 Å². The van der Waals surface area contributed by atoms with Crippen molar-refractivity contribution in [3.05, 3.63) is 71.5 Å². The number of nitrogens with zero attached hydrogens (tertiary/aromatic N) is 5. The lowest BCUT2D eigenvalue weighted by atomic mass is 10.1. The molecule has 2 aliphatic rings. The van der Waals surface area contributed by atoms with Crippen LogP contribution in [0.2, 0.25) is 0 Å². The maximum atomic E-state index is 12.5. The first-order valence-corrected chi connectivity index (χ1v) is 11.2. The summed E-state index contributed by atoms with van der Waals surface area (Å²) in [6, 6.07) is 17.4. The molecule has 3 aromatic rings. The van der Waals surface area contributed by atoms with E-state index in [1.165, 1.54) is 0 Å². The largest absolute Gasteiger partial charge is 0.497 e. The van der Waals surface area contributed by atoms with Crippen molar-refractivity contribution >= 4 is 11.7 Å². The first-order chi connectivity index (χ1) is 16.2. The van der Waals surface area contributed by atoms with Crippen LogP contribution < -0.4 is 10.1 Å². The second-order valence-electron chi connectivity index (χ2n) is 8.30. The zero-order valence-corrected chi connectivity index (χ0v) is 18.7. The maximum absolute atomic E-state index is 12.5. The van der Waals surface area contributed by atoms with Crippen molar-refractivity contribution in [3.63, 3.8) is 0 Å². The molecule has 3 heterocycles. The lowest BCUT2D eigenvalue weighted by Crippen LogP contribution is -2.49. The molecule has 5 rings (SSSR count). The Hall–Kier alpha value is -3.43. The standard InChI is InChI=1S/C24H28N6O3/c1-32-20-9-7-18(8-10-20)23-16-30-22(17-33-23)21(26-27-30)15-28-11-13-29(14-12-28)24(31)25-19-5-3-2-4-6-19/h2-10,23H,11-17H2,1H3,(H,25,31)/t23-/m1/s1. The quantitative estimate of drug-likeness (QED) is 0.646. The van der Waals surface area contributed by atoms with Gasteiger partial charge in [0, 0.05) is 38.4 Å². The third kappa shape index (κ3) is 4.84. The van der Waals surface area contributed by atoms with Crippen LogP contribution in [0.4, 0.5) is 10.5 Å². The highest BCUT2D eigenvalue weighted by Gasteiger charge is 2.27. The van der Waals surface area contributed by atoms with Crippen LogP contribution in [-0.2, 0) is 24.4 Å². The molecule has 2 aliphatic heterocycles. The van der Waals surface area contributed by atoms with Gasteiger partial charge >= 0.3 is 6.03 Å². The number of aromatic nitrogens is 3. The normalized spacial score (nSPS) is 18.6. The Morgan fingerprint density at radius 2 is 1.85 bits per heavy atom. The highest BCUT2D eigenvalue weighted by atomic mass is 16.5. The molecular weight excluding hydrogens is 420 g/mol. The molecule has 1 saturated heterocycles. The van der Waals surface area contributed by atoms with E-state index in [1.807, 2.05) is 64.2 Å². The van der Waals surface area contributed by atoms with Gasteiger partial charge < -0.3 is 19.7 Å². The predicted molar refractivity (Wildman–Crippen MR) is 123 cm³/mol. The Labute approximate surface area is 192 Å². The summed E-state index contributed by atoms with van der Waals surface area (Å²) < 4.78 is 13.3. The monoisotopic (exact) mass is 448 g/mol. The molecule has 9 nitrogen and oxygen atoms in total. The van der Waals surface area contributed by atoms with Crippen LogP contribution >= 0.6 is 0 Å². The molecule has 0 bridgehead atoms. The minimum absolute atomic E-state index is 0.0513. The van der Waals surface area contributed by atoms with Gasteiger partial charge in [-0.05, 0) is 29.8 Å². The molecule has 1 aromatic heterocycles. The summed E-state index contributed by atoms with van der Waals surface area (Å²) in [5, 5.41) is 11.8. The van der Waals surface area contributed by atoms with Crippen LogP contribution in [0.15, 0.2) is 54.6 Å². The van der Waals surface area contributed by atoms with E-state index in [-0.39, 0.29) is 12.1 Å². The van der Waals surface area contributed by atoms with Crippen molar-refractivity contribution in [2.75, 3.05) is 38.6 Å². The number of piperazine rings is 1. The molecule has 2 aromatic carbocycles. The van der Waals surface area contributed by atoms with E-state index in [0.29, 0.717) is 32.8 Å². The molecule has 1 fully saturated rings. The van der Waals surface area contributed by atoms with Gasteiger partial charge in [-0.1, -0.05) is 35.5 Å². The number of hydrogen-bond donors (Lipinski definition) is 1. The smallest absolute Gasteiger partial charge is 0.321 e. The van der Waals surface area contributed by atoms with E-state index in [2.05, 4.69) is 20.5 Å². The number of urea groups is 1. The zero-order valence-electron chi connectivity index (χ0n) is 18.7. The number of amides is 2. The highest BCUT2D eigenvalue weighted by Crippen LogP contribution is 2.28. The molecule has 0 spiro atoms. The number of anilines is 1. The van der Waals surface area contributed by atoms with E-state index in [9.17, 15) is 4.79 Å². The van der Waals surface area contributed by atoms with Crippen molar-refractivity contribution in [3.8, 4) is 5.75 Å². The molecule has 2 amide bonds. The maximum Gasteiger partial charge on any atom is 0.321 e. The Bertz CT molecular complexity index is 1080. The van der Waals surface area contributed by atoms with E-state index in [0.717, 1.165) is 41.5 Å². The Balaban J connectivity index is 1.14. The summed E-state index contributed by atoms with van der Waals surface area (Å²) in [6.07, 6.45) is -0.0513. The van der Waals surface area contributed by atoms with Crippen molar-refractivity contribution in [1.29, 1.82) is 0 Å². The van der Waals surface area contributed by atoms with Gasteiger partial charge in [-0.2, -0.15) is 0 Å². The molecule has 0 unspecified atom stereocenters. The lowest BCUT2D eigenvalue weighted by molar-refractivity contribution is -0.00220. The molecule has 172 valence electrons. The van der Waals surface area contributed by atoms with Crippen molar-refractivity contribution in [2.45, 2.75) is 25.8 Å². The summed E-state index contributed by atoms with van der Waals surface area (Å²) in [6.45, 7) is 4.78. The number of fused-ring (bicyclic) bond motifs is 1. The summed E-state index contributed by atoms with van der Waals surface area (Å²) >= 11 is 0. The fraction of sp³-hybridized carbons (Fsp3) is 0.375. The first-order valence-electron chi connectivity index (χ1n) is 11.2. The third-order valence-corrected chi connectivity index (χ3v) is 6.22. The Morgan fingerprint density at radius 3 is 2.58 bits per heavy atom. The number of carbonyl (C=O) groups excluding carboxylic acids is 1. The molecule has 0 radical (unpaired) electrons. The number of carbonyl (C=O) groups is 1. The van der Waals surface area contributed by atoms with Gasteiger partial charge in [0.2, 0.25) is 0 Å². The molecule has 0 aliphatic carbocycles. The summed E-state index contributed by atoms with van der Waals surface area (Å²) in [4.78, 5) is 16.7.